The molecular formula is C27H33N3O5. The molecule has 35 heavy (non-hydrogen) atoms. The van der Waals surface area contributed by atoms with Crippen molar-refractivity contribution in [2.24, 2.45) is 0 Å². The second-order valence-corrected chi connectivity index (χ2v) is 8.58. The van der Waals surface area contributed by atoms with E-state index in [-0.39, 0.29) is 18.5 Å². The Morgan fingerprint density at radius 1 is 1.14 bits per heavy atom. The number of benzene rings is 2. The molecule has 1 aromatic heterocycles. The minimum Gasteiger partial charge on any atom is -0.494 e. The van der Waals surface area contributed by atoms with Gasteiger partial charge in [0.1, 0.15) is 5.75 Å². The van der Waals surface area contributed by atoms with Crippen LogP contribution in [-0.2, 0) is 9.53 Å². The summed E-state index contributed by atoms with van der Waals surface area (Å²) in [7, 11) is 5.70. The maximum absolute atomic E-state index is 13.7. The van der Waals surface area contributed by atoms with Crippen LogP contribution in [0.25, 0.3) is 21.9 Å². The van der Waals surface area contributed by atoms with Crippen LogP contribution in [0.2, 0.25) is 0 Å². The molecule has 2 aromatic carbocycles. The lowest BCUT2D eigenvalue weighted by atomic mass is 9.95. The number of methoxy groups -OCH3 is 1. The van der Waals surface area contributed by atoms with Crippen molar-refractivity contribution in [2.75, 3.05) is 47.4 Å². The number of ether oxygens (including phenoxy) is 2. The first-order valence-electron chi connectivity index (χ1n) is 11.6. The summed E-state index contributed by atoms with van der Waals surface area (Å²) in [5, 5.41) is 8.85. The zero-order valence-corrected chi connectivity index (χ0v) is 20.5. The third-order valence-corrected chi connectivity index (χ3v) is 6.00. The molecule has 8 heteroatoms. The molecule has 0 saturated carbocycles. The SMILES string of the molecule is COc1cnccc1-c1cccc2c(C(=O)N(CCN(C)C)CC3CCCO3)cccc12.O=CO. The lowest BCUT2D eigenvalue weighted by molar-refractivity contribution is -0.122. The summed E-state index contributed by atoms with van der Waals surface area (Å²) in [4.78, 5) is 30.3. The predicted molar refractivity (Wildman–Crippen MR) is 136 cm³/mol. The molecule has 8 nitrogen and oxygen atoms in total. The van der Waals surface area contributed by atoms with Crippen molar-refractivity contribution in [3.8, 4) is 16.9 Å². The average Bonchev–Trinajstić information content (AvgIpc) is 3.39. The van der Waals surface area contributed by atoms with Crippen molar-refractivity contribution < 1.29 is 24.2 Å². The van der Waals surface area contributed by atoms with Crippen molar-refractivity contribution in [3.63, 3.8) is 0 Å². The summed E-state index contributed by atoms with van der Waals surface area (Å²) in [5.74, 6) is 0.759. The van der Waals surface area contributed by atoms with E-state index in [0.29, 0.717) is 24.4 Å². The number of aromatic nitrogens is 1. The van der Waals surface area contributed by atoms with Gasteiger partial charge in [0.15, 0.2) is 0 Å². The van der Waals surface area contributed by atoms with Gasteiger partial charge >= 0.3 is 0 Å². The van der Waals surface area contributed by atoms with E-state index < -0.39 is 0 Å². The molecule has 3 aromatic rings. The van der Waals surface area contributed by atoms with E-state index >= 15 is 0 Å². The number of carboxylic acid groups (broad SMARTS) is 1. The molecule has 2 heterocycles. The molecule has 0 bridgehead atoms. The van der Waals surface area contributed by atoms with Crippen LogP contribution >= 0.6 is 0 Å². The fourth-order valence-corrected chi connectivity index (χ4v) is 4.30. The first-order valence-corrected chi connectivity index (χ1v) is 11.6. The van der Waals surface area contributed by atoms with Gasteiger partial charge in [0.2, 0.25) is 0 Å². The van der Waals surface area contributed by atoms with Crippen LogP contribution in [0.4, 0.5) is 0 Å². The largest absolute Gasteiger partial charge is 0.494 e. The standard InChI is InChI=1S/C26H31N3O3.CH2O2/c1-28(2)14-15-29(18-19-7-6-16-32-19)26(30)24-11-5-8-20-21(9-4-10-22(20)24)23-12-13-27-17-25(23)31-3;2-1-3/h4-5,8-13,17,19H,6-7,14-16,18H2,1-3H3;1H,(H,2,3). The van der Waals surface area contributed by atoms with E-state index in [1.807, 2.05) is 49.3 Å². The van der Waals surface area contributed by atoms with Gasteiger partial charge in [0.05, 0.1) is 19.4 Å². The van der Waals surface area contributed by atoms with E-state index in [2.05, 4.69) is 22.0 Å². The molecule has 1 unspecified atom stereocenters. The monoisotopic (exact) mass is 479 g/mol. The van der Waals surface area contributed by atoms with Crippen LogP contribution in [0.1, 0.15) is 23.2 Å². The Bertz CT molecular complexity index is 1130. The quantitative estimate of drug-likeness (QED) is 0.492. The second-order valence-electron chi connectivity index (χ2n) is 8.58. The molecule has 1 fully saturated rings. The minimum absolute atomic E-state index is 0.0480. The molecular weight excluding hydrogens is 446 g/mol. The maximum Gasteiger partial charge on any atom is 0.290 e. The Kier molecular flexibility index (Phi) is 9.57. The maximum atomic E-state index is 13.7. The van der Waals surface area contributed by atoms with Gasteiger partial charge < -0.3 is 24.4 Å². The third kappa shape index (κ3) is 6.55. The summed E-state index contributed by atoms with van der Waals surface area (Å²) in [6.07, 6.45) is 5.66. The van der Waals surface area contributed by atoms with Crippen molar-refractivity contribution in [1.82, 2.24) is 14.8 Å². The number of fused-ring (bicyclic) bond motifs is 1. The Morgan fingerprint density at radius 2 is 1.89 bits per heavy atom. The number of carbonyl (C=O) groups excluding carboxylic acids is 1. The van der Waals surface area contributed by atoms with Crippen LogP contribution < -0.4 is 4.74 Å². The Morgan fingerprint density at radius 3 is 2.57 bits per heavy atom. The van der Waals surface area contributed by atoms with Crippen LogP contribution in [0.15, 0.2) is 54.9 Å². The summed E-state index contributed by atoms with van der Waals surface area (Å²) in [6.45, 7) is 2.63. The molecule has 1 amide bonds. The minimum atomic E-state index is -0.250. The lowest BCUT2D eigenvalue weighted by Gasteiger charge is -2.27. The third-order valence-electron chi connectivity index (χ3n) is 6.00. The number of nitrogens with zero attached hydrogens (tertiary/aromatic N) is 3. The molecule has 0 aliphatic carbocycles. The topological polar surface area (TPSA) is 92.2 Å². The highest BCUT2D eigenvalue weighted by Gasteiger charge is 2.25. The van der Waals surface area contributed by atoms with E-state index in [1.165, 1.54) is 0 Å². The van der Waals surface area contributed by atoms with Gasteiger partial charge in [-0.2, -0.15) is 0 Å². The Labute approximate surface area is 206 Å². The molecule has 0 radical (unpaired) electrons. The van der Waals surface area contributed by atoms with E-state index in [0.717, 1.165) is 47.9 Å². The van der Waals surface area contributed by atoms with Gasteiger partial charge in [0.25, 0.3) is 12.4 Å². The first-order chi connectivity index (χ1) is 17.0. The average molecular weight is 480 g/mol. The molecule has 1 saturated heterocycles. The number of rotatable bonds is 8. The smallest absolute Gasteiger partial charge is 0.290 e. The zero-order chi connectivity index (χ0) is 25.2. The van der Waals surface area contributed by atoms with Gasteiger partial charge in [0, 0.05) is 43.6 Å². The normalized spacial score (nSPS) is 14.9. The van der Waals surface area contributed by atoms with E-state index in [1.54, 1.807) is 19.5 Å². The van der Waals surface area contributed by atoms with Gasteiger partial charge in [-0.05, 0) is 55.4 Å². The molecule has 4 rings (SSSR count). The number of amides is 1. The van der Waals surface area contributed by atoms with Crippen LogP contribution in [0, 0.1) is 0 Å². The van der Waals surface area contributed by atoms with Crippen LogP contribution in [0.5, 0.6) is 5.75 Å². The summed E-state index contributed by atoms with van der Waals surface area (Å²) in [5.41, 5.74) is 2.70. The Hall–Kier alpha value is -3.49. The fourth-order valence-electron chi connectivity index (χ4n) is 4.30. The van der Waals surface area contributed by atoms with Crippen molar-refractivity contribution in [3.05, 3.63) is 60.4 Å². The number of hydrogen-bond donors (Lipinski definition) is 1. The lowest BCUT2D eigenvalue weighted by Crippen LogP contribution is -2.41. The number of pyridine rings is 1. The summed E-state index contributed by atoms with van der Waals surface area (Å²) < 4.78 is 11.4. The zero-order valence-electron chi connectivity index (χ0n) is 20.5. The highest BCUT2D eigenvalue weighted by molar-refractivity contribution is 6.10. The Balaban J connectivity index is 0.00000108. The van der Waals surface area contributed by atoms with Crippen LogP contribution in [0.3, 0.4) is 0 Å². The number of likely N-dealkylation sites (N-methyl/N-ethyl adjacent to an activating group) is 1. The predicted octanol–water partition coefficient (Wildman–Crippen LogP) is 3.79. The van der Waals surface area contributed by atoms with Gasteiger partial charge in [-0.25, -0.2) is 0 Å². The number of carbonyl (C=O) groups is 2. The molecule has 1 N–H and O–H groups in total. The van der Waals surface area contributed by atoms with Gasteiger partial charge in [-0.3, -0.25) is 14.6 Å². The van der Waals surface area contributed by atoms with E-state index in [9.17, 15) is 4.79 Å². The molecule has 0 spiro atoms. The van der Waals surface area contributed by atoms with Crippen molar-refractivity contribution >= 4 is 23.2 Å². The van der Waals surface area contributed by atoms with Crippen molar-refractivity contribution in [2.45, 2.75) is 18.9 Å². The number of hydrogen-bond acceptors (Lipinski definition) is 6. The van der Waals surface area contributed by atoms with Gasteiger partial charge in [-0.15, -0.1) is 0 Å². The van der Waals surface area contributed by atoms with Crippen LogP contribution in [-0.4, -0.2) is 85.8 Å². The fraction of sp³-hybridized carbons (Fsp3) is 0.370. The molecule has 186 valence electrons. The second kappa shape index (κ2) is 12.8. The summed E-state index contributed by atoms with van der Waals surface area (Å²) in [6, 6.07) is 14.0. The highest BCUT2D eigenvalue weighted by atomic mass is 16.5. The van der Waals surface area contributed by atoms with E-state index in [4.69, 9.17) is 19.4 Å². The van der Waals surface area contributed by atoms with Gasteiger partial charge in [-0.1, -0.05) is 30.3 Å². The summed E-state index contributed by atoms with van der Waals surface area (Å²) >= 11 is 0. The molecule has 1 aliphatic rings. The van der Waals surface area contributed by atoms with Crippen molar-refractivity contribution in [1.29, 1.82) is 0 Å². The molecule has 1 aliphatic heterocycles. The molecule has 1 atom stereocenters. The first kappa shape index (κ1) is 26.1. The highest BCUT2D eigenvalue weighted by Crippen LogP contribution is 2.35.